The van der Waals surface area contributed by atoms with Crippen LogP contribution in [0.4, 0.5) is 10.6 Å². The fraction of sp³-hybridized carbons (Fsp3) is 0.500. The lowest BCUT2D eigenvalue weighted by molar-refractivity contribution is 0.0576. The van der Waals surface area contributed by atoms with E-state index in [9.17, 15) is 4.79 Å². The van der Waals surface area contributed by atoms with E-state index in [1.807, 2.05) is 33.0 Å². The second kappa shape index (κ2) is 8.15. The topological polar surface area (TPSA) is 45.7 Å². The van der Waals surface area contributed by atoms with Crippen LogP contribution in [0.2, 0.25) is 0 Å². The van der Waals surface area contributed by atoms with Gasteiger partial charge < -0.3 is 4.74 Å². The number of rotatable bonds is 5. The number of hydrogen-bond donors (Lipinski definition) is 0. The fourth-order valence-corrected chi connectivity index (χ4v) is 4.02. The molecule has 1 aliphatic carbocycles. The van der Waals surface area contributed by atoms with Crippen LogP contribution in [0.15, 0.2) is 48.7 Å². The number of aromatic nitrogens is 1. The molecule has 1 saturated heterocycles. The van der Waals surface area contributed by atoms with Crippen molar-refractivity contribution >= 4 is 11.9 Å². The molecule has 1 atom stereocenters. The van der Waals surface area contributed by atoms with Crippen LogP contribution in [0.3, 0.4) is 0 Å². The van der Waals surface area contributed by atoms with Crippen LogP contribution in [0, 0.1) is 0 Å². The highest BCUT2D eigenvalue weighted by molar-refractivity contribution is 5.88. The molecule has 5 nitrogen and oxygen atoms in total. The monoisotopic (exact) mass is 393 g/mol. The van der Waals surface area contributed by atoms with Crippen molar-refractivity contribution in [1.82, 2.24) is 9.88 Å². The van der Waals surface area contributed by atoms with E-state index >= 15 is 0 Å². The van der Waals surface area contributed by atoms with Crippen molar-refractivity contribution in [2.45, 2.75) is 70.7 Å². The molecule has 29 heavy (non-hydrogen) atoms. The van der Waals surface area contributed by atoms with Gasteiger partial charge in [-0.15, -0.1) is 0 Å². The number of carbonyl (C=O) groups is 1. The van der Waals surface area contributed by atoms with E-state index in [0.717, 1.165) is 32.4 Å². The summed E-state index contributed by atoms with van der Waals surface area (Å²) in [6.07, 6.45) is 6.01. The Morgan fingerprint density at radius 3 is 2.52 bits per heavy atom. The average molecular weight is 394 g/mol. The van der Waals surface area contributed by atoms with Gasteiger partial charge in [0.1, 0.15) is 11.4 Å². The van der Waals surface area contributed by atoms with E-state index in [-0.39, 0.29) is 12.1 Å². The van der Waals surface area contributed by atoms with Crippen LogP contribution in [0.1, 0.15) is 63.6 Å². The van der Waals surface area contributed by atoms with E-state index < -0.39 is 5.60 Å². The van der Waals surface area contributed by atoms with Crippen LogP contribution in [0.25, 0.3) is 0 Å². The minimum absolute atomic E-state index is 0.212. The number of nitrogens with zero attached hydrogens (tertiary/aromatic N) is 3. The molecule has 5 heteroatoms. The zero-order chi connectivity index (χ0) is 20.4. The van der Waals surface area contributed by atoms with E-state index in [0.29, 0.717) is 11.9 Å². The summed E-state index contributed by atoms with van der Waals surface area (Å²) in [7, 11) is 0. The molecule has 1 amide bonds. The molecule has 2 heterocycles. The van der Waals surface area contributed by atoms with Crippen LogP contribution in [-0.4, -0.2) is 34.2 Å². The maximum Gasteiger partial charge on any atom is 0.416 e. The molecule has 2 aliphatic rings. The van der Waals surface area contributed by atoms with Gasteiger partial charge in [0.15, 0.2) is 0 Å². The molecule has 4 rings (SSSR count). The summed E-state index contributed by atoms with van der Waals surface area (Å²) in [6, 6.07) is 15.3. The second-order valence-electron chi connectivity index (χ2n) is 9.15. The number of likely N-dealkylation sites (tertiary alicyclic amines) is 1. The van der Waals surface area contributed by atoms with Crippen molar-refractivity contribution in [2.75, 3.05) is 11.4 Å². The SMILES string of the molecule is CC(C)(C)OC(=O)N(c1ccc([C@@H]2CCCN2Cc2ccccc2)cn1)C1CC1. The average Bonchev–Trinajstić information content (AvgIpc) is 3.40. The third kappa shape index (κ3) is 4.96. The molecule has 0 radical (unpaired) electrons. The van der Waals surface area contributed by atoms with E-state index in [1.54, 1.807) is 4.90 Å². The summed E-state index contributed by atoms with van der Waals surface area (Å²) in [4.78, 5) is 21.6. The number of anilines is 1. The lowest BCUT2D eigenvalue weighted by Gasteiger charge is -2.28. The molecule has 0 bridgehead atoms. The smallest absolute Gasteiger partial charge is 0.416 e. The first-order chi connectivity index (χ1) is 13.9. The Morgan fingerprint density at radius 1 is 1.14 bits per heavy atom. The van der Waals surface area contributed by atoms with E-state index in [2.05, 4.69) is 46.3 Å². The van der Waals surface area contributed by atoms with Gasteiger partial charge in [0, 0.05) is 24.8 Å². The highest BCUT2D eigenvalue weighted by Gasteiger charge is 2.37. The van der Waals surface area contributed by atoms with Gasteiger partial charge in [-0.3, -0.25) is 9.80 Å². The summed E-state index contributed by atoms with van der Waals surface area (Å²) in [6.45, 7) is 7.75. The molecule has 0 N–H and O–H groups in total. The van der Waals surface area contributed by atoms with Crippen molar-refractivity contribution in [3.63, 3.8) is 0 Å². The number of ether oxygens (including phenoxy) is 1. The highest BCUT2D eigenvalue weighted by atomic mass is 16.6. The second-order valence-corrected chi connectivity index (χ2v) is 9.15. The quantitative estimate of drug-likeness (QED) is 0.689. The summed E-state index contributed by atoms with van der Waals surface area (Å²) >= 11 is 0. The van der Waals surface area contributed by atoms with Crippen LogP contribution >= 0.6 is 0 Å². The predicted octanol–water partition coefficient (Wildman–Crippen LogP) is 5.32. The van der Waals surface area contributed by atoms with Crippen molar-refractivity contribution in [3.05, 3.63) is 59.8 Å². The standard InChI is InChI=1S/C24H31N3O2/c1-24(2,3)29-23(28)27(20-12-13-20)22-14-11-19(16-25-22)21-10-7-15-26(21)17-18-8-5-4-6-9-18/h4-6,8-9,11,14,16,20-21H,7,10,12-13,15,17H2,1-3H3/t21-/m0/s1. The Bertz CT molecular complexity index is 825. The molecule has 0 spiro atoms. The summed E-state index contributed by atoms with van der Waals surface area (Å²) in [5, 5.41) is 0. The third-order valence-corrected chi connectivity index (χ3v) is 5.50. The van der Waals surface area contributed by atoms with Gasteiger partial charge in [0.25, 0.3) is 0 Å². The lowest BCUT2D eigenvalue weighted by atomic mass is 10.1. The van der Waals surface area contributed by atoms with Crippen LogP contribution < -0.4 is 4.90 Å². The first-order valence-electron chi connectivity index (χ1n) is 10.7. The van der Waals surface area contributed by atoms with Gasteiger partial charge in [-0.25, -0.2) is 9.78 Å². The maximum absolute atomic E-state index is 12.7. The van der Waals surface area contributed by atoms with Crippen molar-refractivity contribution in [1.29, 1.82) is 0 Å². The summed E-state index contributed by atoms with van der Waals surface area (Å²) in [5.41, 5.74) is 2.06. The van der Waals surface area contributed by atoms with Crippen molar-refractivity contribution < 1.29 is 9.53 Å². The summed E-state index contributed by atoms with van der Waals surface area (Å²) < 4.78 is 5.61. The zero-order valence-corrected chi connectivity index (χ0v) is 17.7. The number of carbonyl (C=O) groups excluding carboxylic acids is 1. The maximum atomic E-state index is 12.7. The number of pyridine rings is 1. The molecule has 1 aromatic carbocycles. The molecule has 0 unspecified atom stereocenters. The first kappa shape index (κ1) is 19.9. The zero-order valence-electron chi connectivity index (χ0n) is 17.7. The van der Waals surface area contributed by atoms with Gasteiger partial charge in [-0.2, -0.15) is 0 Å². The Morgan fingerprint density at radius 2 is 1.90 bits per heavy atom. The Balaban J connectivity index is 1.48. The fourth-order valence-electron chi connectivity index (χ4n) is 4.02. The molecule has 1 saturated carbocycles. The van der Waals surface area contributed by atoms with Gasteiger partial charge in [-0.05, 0) is 70.2 Å². The molecule has 2 aromatic rings. The van der Waals surface area contributed by atoms with Gasteiger partial charge in [0.2, 0.25) is 0 Å². The van der Waals surface area contributed by atoms with Crippen molar-refractivity contribution in [2.24, 2.45) is 0 Å². The number of benzene rings is 1. The van der Waals surface area contributed by atoms with E-state index in [1.165, 1.54) is 17.5 Å². The molecule has 1 aromatic heterocycles. The van der Waals surface area contributed by atoms with Gasteiger partial charge >= 0.3 is 6.09 Å². The Hall–Kier alpha value is -2.40. The van der Waals surface area contributed by atoms with Gasteiger partial charge in [-0.1, -0.05) is 36.4 Å². The Kier molecular flexibility index (Phi) is 5.59. The summed E-state index contributed by atoms with van der Waals surface area (Å²) in [5.74, 6) is 0.693. The molecule has 1 aliphatic heterocycles. The molecule has 154 valence electrons. The molecular weight excluding hydrogens is 362 g/mol. The minimum Gasteiger partial charge on any atom is -0.443 e. The van der Waals surface area contributed by atoms with Crippen LogP contribution in [-0.2, 0) is 11.3 Å². The van der Waals surface area contributed by atoms with E-state index in [4.69, 9.17) is 4.74 Å². The number of hydrogen-bond acceptors (Lipinski definition) is 4. The van der Waals surface area contributed by atoms with Crippen molar-refractivity contribution in [3.8, 4) is 0 Å². The third-order valence-electron chi connectivity index (χ3n) is 5.50. The number of amides is 1. The van der Waals surface area contributed by atoms with Gasteiger partial charge in [0.05, 0.1) is 0 Å². The normalized spacial score (nSPS) is 19.9. The lowest BCUT2D eigenvalue weighted by Crippen LogP contribution is -2.38. The van der Waals surface area contributed by atoms with Crippen LogP contribution in [0.5, 0.6) is 0 Å². The first-order valence-corrected chi connectivity index (χ1v) is 10.7. The predicted molar refractivity (Wildman–Crippen MR) is 115 cm³/mol. The highest BCUT2D eigenvalue weighted by Crippen LogP contribution is 2.35. The largest absolute Gasteiger partial charge is 0.443 e. The minimum atomic E-state index is -0.508. The Labute approximate surface area is 173 Å². The molecular formula is C24H31N3O2. The molecule has 2 fully saturated rings.